The maximum atomic E-state index is 12.7. The first-order chi connectivity index (χ1) is 12.8. The lowest BCUT2D eigenvalue weighted by Gasteiger charge is -2.33. The van der Waals surface area contributed by atoms with Crippen LogP contribution in [0.2, 0.25) is 0 Å². The van der Waals surface area contributed by atoms with E-state index in [9.17, 15) is 4.79 Å². The SMILES string of the molecule is O=C(CN1CC[C@H](c2ccccc2)C1)N1CCC(c2ccncc2)CC1. The van der Waals surface area contributed by atoms with E-state index in [0.29, 0.717) is 24.3 Å². The molecular formula is C22H27N3O. The maximum absolute atomic E-state index is 12.7. The van der Waals surface area contributed by atoms with Gasteiger partial charge in [-0.15, -0.1) is 0 Å². The lowest BCUT2D eigenvalue weighted by atomic mass is 9.90. The standard InChI is InChI=1S/C22H27N3O/c26-22(17-24-13-8-21(16-24)18-4-2-1-3-5-18)25-14-9-20(10-15-25)19-6-11-23-12-7-19/h1-7,11-12,20-21H,8-10,13-17H2/t21-/m0/s1. The van der Waals surface area contributed by atoms with Gasteiger partial charge in [0.05, 0.1) is 6.54 Å². The van der Waals surface area contributed by atoms with Crippen LogP contribution in [0.4, 0.5) is 0 Å². The molecule has 2 aromatic rings. The number of hydrogen-bond donors (Lipinski definition) is 0. The number of nitrogens with zero attached hydrogens (tertiary/aromatic N) is 3. The average Bonchev–Trinajstić information content (AvgIpc) is 3.18. The lowest BCUT2D eigenvalue weighted by Crippen LogP contribution is -2.43. The molecule has 2 saturated heterocycles. The van der Waals surface area contributed by atoms with Gasteiger partial charge in [-0.2, -0.15) is 0 Å². The summed E-state index contributed by atoms with van der Waals surface area (Å²) in [6, 6.07) is 14.9. The molecule has 0 N–H and O–H groups in total. The lowest BCUT2D eigenvalue weighted by molar-refractivity contribution is -0.133. The Balaban J connectivity index is 1.26. The average molecular weight is 349 g/mol. The van der Waals surface area contributed by atoms with Crippen LogP contribution in [-0.2, 0) is 4.79 Å². The van der Waals surface area contributed by atoms with Gasteiger partial charge in [-0.1, -0.05) is 30.3 Å². The van der Waals surface area contributed by atoms with E-state index in [1.807, 2.05) is 12.4 Å². The molecule has 2 aliphatic heterocycles. The third-order valence-corrected chi connectivity index (χ3v) is 5.93. The molecule has 0 spiro atoms. The van der Waals surface area contributed by atoms with Crippen LogP contribution in [-0.4, -0.2) is 53.4 Å². The van der Waals surface area contributed by atoms with Crippen molar-refractivity contribution in [1.29, 1.82) is 0 Å². The normalized spacial score (nSPS) is 21.8. The second kappa shape index (κ2) is 8.00. The first-order valence-corrected chi connectivity index (χ1v) is 9.74. The summed E-state index contributed by atoms with van der Waals surface area (Å²) >= 11 is 0. The van der Waals surface area contributed by atoms with Crippen LogP contribution in [0.15, 0.2) is 54.9 Å². The Hall–Kier alpha value is -2.20. The van der Waals surface area contributed by atoms with Crippen molar-refractivity contribution < 1.29 is 4.79 Å². The summed E-state index contributed by atoms with van der Waals surface area (Å²) in [5.74, 6) is 1.43. The van der Waals surface area contributed by atoms with Gasteiger partial charge < -0.3 is 4.90 Å². The summed E-state index contributed by atoms with van der Waals surface area (Å²) in [5.41, 5.74) is 2.76. The second-order valence-corrected chi connectivity index (χ2v) is 7.57. The van der Waals surface area contributed by atoms with Crippen LogP contribution in [0.3, 0.4) is 0 Å². The summed E-state index contributed by atoms with van der Waals surface area (Å²) in [5, 5.41) is 0. The van der Waals surface area contributed by atoms with Crippen molar-refractivity contribution in [2.24, 2.45) is 0 Å². The van der Waals surface area contributed by atoms with Gasteiger partial charge in [0, 0.05) is 32.0 Å². The zero-order chi connectivity index (χ0) is 17.8. The summed E-state index contributed by atoms with van der Waals surface area (Å²) in [6.45, 7) is 4.36. The van der Waals surface area contributed by atoms with Gasteiger partial charge in [0.25, 0.3) is 0 Å². The van der Waals surface area contributed by atoms with Gasteiger partial charge in [-0.25, -0.2) is 0 Å². The predicted octanol–water partition coefficient (Wildman–Crippen LogP) is 3.28. The molecule has 136 valence electrons. The number of aromatic nitrogens is 1. The third kappa shape index (κ3) is 3.96. The van der Waals surface area contributed by atoms with Crippen LogP contribution in [0.5, 0.6) is 0 Å². The highest BCUT2D eigenvalue weighted by Crippen LogP contribution is 2.29. The Morgan fingerprint density at radius 2 is 1.54 bits per heavy atom. The van der Waals surface area contributed by atoms with Crippen LogP contribution < -0.4 is 0 Å². The maximum Gasteiger partial charge on any atom is 0.236 e. The third-order valence-electron chi connectivity index (χ3n) is 5.93. The largest absolute Gasteiger partial charge is 0.342 e. The molecule has 1 aromatic heterocycles. The molecule has 0 saturated carbocycles. The van der Waals surface area contributed by atoms with Crippen molar-refractivity contribution in [3.63, 3.8) is 0 Å². The van der Waals surface area contributed by atoms with Gasteiger partial charge in [0.2, 0.25) is 5.91 Å². The van der Waals surface area contributed by atoms with Crippen LogP contribution in [0, 0.1) is 0 Å². The Kier molecular flexibility index (Phi) is 5.30. The molecule has 0 aliphatic carbocycles. The van der Waals surface area contributed by atoms with Crippen molar-refractivity contribution >= 4 is 5.91 Å². The van der Waals surface area contributed by atoms with Crippen LogP contribution in [0.1, 0.15) is 42.2 Å². The molecule has 0 radical (unpaired) electrons. The number of piperidine rings is 1. The number of carbonyl (C=O) groups excluding carboxylic acids is 1. The van der Waals surface area contributed by atoms with E-state index in [1.165, 1.54) is 11.1 Å². The summed E-state index contributed by atoms with van der Waals surface area (Å²) in [6.07, 6.45) is 7.00. The fourth-order valence-electron chi connectivity index (χ4n) is 4.36. The highest BCUT2D eigenvalue weighted by molar-refractivity contribution is 5.78. The molecule has 0 unspecified atom stereocenters. The predicted molar refractivity (Wildman–Crippen MR) is 103 cm³/mol. The van der Waals surface area contributed by atoms with Crippen LogP contribution >= 0.6 is 0 Å². The number of carbonyl (C=O) groups is 1. The van der Waals surface area contributed by atoms with Crippen LogP contribution in [0.25, 0.3) is 0 Å². The van der Waals surface area contributed by atoms with Crippen molar-refractivity contribution in [3.05, 3.63) is 66.0 Å². The zero-order valence-corrected chi connectivity index (χ0v) is 15.3. The number of benzene rings is 1. The first kappa shape index (κ1) is 17.2. The van der Waals surface area contributed by atoms with E-state index in [-0.39, 0.29) is 0 Å². The fourth-order valence-corrected chi connectivity index (χ4v) is 4.36. The summed E-state index contributed by atoms with van der Waals surface area (Å²) in [7, 11) is 0. The van der Waals surface area contributed by atoms with E-state index in [4.69, 9.17) is 0 Å². The highest BCUT2D eigenvalue weighted by Gasteiger charge is 2.28. The van der Waals surface area contributed by atoms with E-state index in [1.54, 1.807) is 0 Å². The zero-order valence-electron chi connectivity index (χ0n) is 15.3. The van der Waals surface area contributed by atoms with E-state index in [2.05, 4.69) is 57.2 Å². The molecule has 2 aliphatic rings. The topological polar surface area (TPSA) is 36.4 Å². The molecule has 0 bridgehead atoms. The fraction of sp³-hybridized carbons (Fsp3) is 0.455. The Bertz CT molecular complexity index is 711. The van der Waals surface area contributed by atoms with E-state index in [0.717, 1.165) is 45.4 Å². The Morgan fingerprint density at radius 1 is 0.885 bits per heavy atom. The van der Waals surface area contributed by atoms with Crippen molar-refractivity contribution in [3.8, 4) is 0 Å². The van der Waals surface area contributed by atoms with Crippen molar-refractivity contribution in [2.45, 2.75) is 31.1 Å². The van der Waals surface area contributed by atoms with E-state index < -0.39 is 0 Å². The number of likely N-dealkylation sites (tertiary alicyclic amines) is 2. The molecule has 4 heteroatoms. The summed E-state index contributed by atoms with van der Waals surface area (Å²) in [4.78, 5) is 21.2. The second-order valence-electron chi connectivity index (χ2n) is 7.57. The minimum absolute atomic E-state index is 0.298. The van der Waals surface area contributed by atoms with Gasteiger partial charge in [-0.3, -0.25) is 14.7 Å². The molecule has 4 nitrogen and oxygen atoms in total. The molecule has 4 rings (SSSR count). The van der Waals surface area contributed by atoms with E-state index >= 15 is 0 Å². The molecular weight excluding hydrogens is 322 g/mol. The minimum Gasteiger partial charge on any atom is -0.342 e. The molecule has 3 heterocycles. The minimum atomic E-state index is 0.298. The quantitative estimate of drug-likeness (QED) is 0.850. The molecule has 1 aromatic carbocycles. The Labute approximate surface area is 155 Å². The van der Waals surface area contributed by atoms with Crippen molar-refractivity contribution in [2.75, 3.05) is 32.7 Å². The van der Waals surface area contributed by atoms with Crippen molar-refractivity contribution in [1.82, 2.24) is 14.8 Å². The van der Waals surface area contributed by atoms with Gasteiger partial charge in [0.15, 0.2) is 0 Å². The summed E-state index contributed by atoms with van der Waals surface area (Å²) < 4.78 is 0. The number of pyridine rings is 1. The molecule has 26 heavy (non-hydrogen) atoms. The van der Waals surface area contributed by atoms with Gasteiger partial charge in [-0.05, 0) is 60.9 Å². The first-order valence-electron chi connectivity index (χ1n) is 9.74. The Morgan fingerprint density at radius 3 is 2.27 bits per heavy atom. The van der Waals surface area contributed by atoms with Gasteiger partial charge >= 0.3 is 0 Å². The number of amides is 1. The molecule has 1 amide bonds. The number of hydrogen-bond acceptors (Lipinski definition) is 3. The molecule has 2 fully saturated rings. The number of rotatable bonds is 4. The smallest absolute Gasteiger partial charge is 0.236 e. The highest BCUT2D eigenvalue weighted by atomic mass is 16.2. The van der Waals surface area contributed by atoms with Gasteiger partial charge in [0.1, 0.15) is 0 Å². The monoisotopic (exact) mass is 349 g/mol. The molecule has 1 atom stereocenters.